The van der Waals surface area contributed by atoms with Crippen LogP contribution in [0.1, 0.15) is 18.4 Å². The molecule has 0 spiro atoms. The van der Waals surface area contributed by atoms with E-state index in [0.717, 1.165) is 25.0 Å². The molecule has 3 heteroatoms. The molecule has 1 aliphatic rings. The van der Waals surface area contributed by atoms with Gasteiger partial charge in [0.15, 0.2) is 0 Å². The van der Waals surface area contributed by atoms with Crippen LogP contribution in [0.25, 0.3) is 10.8 Å². The Bertz CT molecular complexity index is 614. The zero-order valence-corrected chi connectivity index (χ0v) is 10.2. The second kappa shape index (κ2) is 5.08. The van der Waals surface area contributed by atoms with Gasteiger partial charge in [0.2, 0.25) is 0 Å². The molecule has 3 nitrogen and oxygen atoms in total. The molecule has 0 bridgehead atoms. The first-order valence-corrected chi connectivity index (χ1v) is 6.32. The summed E-state index contributed by atoms with van der Waals surface area (Å²) in [5.74, 6) is 0. The van der Waals surface area contributed by atoms with E-state index in [1.165, 1.54) is 16.3 Å². The van der Waals surface area contributed by atoms with Gasteiger partial charge in [-0.05, 0) is 40.8 Å². The Kier molecular flexibility index (Phi) is 3.13. The molecule has 90 valence electrons. The van der Waals surface area contributed by atoms with E-state index in [1.807, 2.05) is 0 Å². The summed E-state index contributed by atoms with van der Waals surface area (Å²) in [5, 5.41) is 14.1. The number of hydrogen-bond acceptors (Lipinski definition) is 3. The van der Waals surface area contributed by atoms with Gasteiger partial charge in [-0.15, -0.1) is 5.10 Å². The molecule has 18 heavy (non-hydrogen) atoms. The van der Waals surface area contributed by atoms with Crippen molar-refractivity contribution in [3.05, 3.63) is 48.0 Å². The van der Waals surface area contributed by atoms with Crippen LogP contribution in [0.3, 0.4) is 0 Å². The second-order valence-electron chi connectivity index (χ2n) is 4.59. The predicted octanol–water partition coefficient (Wildman–Crippen LogP) is 3.98. The van der Waals surface area contributed by atoms with Crippen LogP contribution >= 0.6 is 0 Å². The molecule has 0 saturated carbocycles. The Morgan fingerprint density at radius 3 is 2.67 bits per heavy atom. The fraction of sp³-hybridized carbons (Fsp3) is 0.267. The van der Waals surface area contributed by atoms with Gasteiger partial charge in [-0.25, -0.2) is 0 Å². The van der Waals surface area contributed by atoms with E-state index >= 15 is 0 Å². The lowest BCUT2D eigenvalue weighted by atomic mass is 10.0. The Morgan fingerprint density at radius 1 is 0.944 bits per heavy atom. The Balaban J connectivity index is 1.64. The molecule has 2 aromatic carbocycles. The number of fused-ring (bicyclic) bond motifs is 1. The second-order valence-corrected chi connectivity index (χ2v) is 4.59. The van der Waals surface area contributed by atoms with Gasteiger partial charge in [-0.2, -0.15) is 5.11 Å². The monoisotopic (exact) mass is 237 g/mol. The van der Waals surface area contributed by atoms with E-state index < -0.39 is 0 Å². The molecule has 0 fully saturated rings. The van der Waals surface area contributed by atoms with Crippen LogP contribution in [-0.2, 0) is 6.42 Å². The molecule has 0 radical (unpaired) electrons. The van der Waals surface area contributed by atoms with Crippen molar-refractivity contribution >= 4 is 16.5 Å². The van der Waals surface area contributed by atoms with Crippen molar-refractivity contribution in [1.82, 2.24) is 0 Å². The molecule has 0 amide bonds. The minimum absolute atomic E-state index is 0.692. The van der Waals surface area contributed by atoms with Crippen LogP contribution in [0.4, 0.5) is 0 Å². The molecule has 1 heterocycles. The van der Waals surface area contributed by atoms with Crippen molar-refractivity contribution in [1.29, 1.82) is 0 Å². The average molecular weight is 237 g/mol. The maximum Gasteiger partial charge on any atom is 0.102 e. The van der Waals surface area contributed by atoms with Crippen molar-refractivity contribution in [2.45, 2.75) is 19.3 Å². The summed E-state index contributed by atoms with van der Waals surface area (Å²) in [6, 6.07) is 15.2. The van der Waals surface area contributed by atoms with Gasteiger partial charge < -0.3 is 0 Å². The lowest BCUT2D eigenvalue weighted by molar-refractivity contribution is 0.862. The van der Waals surface area contributed by atoms with Crippen molar-refractivity contribution in [2.24, 2.45) is 15.4 Å². The smallest absolute Gasteiger partial charge is 0.102 e. The fourth-order valence-electron chi connectivity index (χ4n) is 2.26. The summed E-state index contributed by atoms with van der Waals surface area (Å²) < 4.78 is 0. The Morgan fingerprint density at radius 2 is 1.83 bits per heavy atom. The minimum Gasteiger partial charge on any atom is -0.163 e. The van der Waals surface area contributed by atoms with E-state index in [0.29, 0.717) is 6.54 Å². The maximum atomic E-state index is 3.99. The highest BCUT2D eigenvalue weighted by molar-refractivity contribution is 5.87. The summed E-state index contributed by atoms with van der Waals surface area (Å²) in [6.45, 7) is 0.692. The maximum absolute atomic E-state index is 3.99. The zero-order chi connectivity index (χ0) is 12.2. The van der Waals surface area contributed by atoms with Crippen LogP contribution in [0, 0.1) is 0 Å². The van der Waals surface area contributed by atoms with Crippen LogP contribution < -0.4 is 0 Å². The van der Waals surface area contributed by atoms with Gasteiger partial charge in [0.25, 0.3) is 0 Å². The highest BCUT2D eigenvalue weighted by Gasteiger charge is 2.04. The lowest BCUT2D eigenvalue weighted by Gasteiger charge is -2.03. The van der Waals surface area contributed by atoms with Gasteiger partial charge in [0.1, 0.15) is 6.54 Å². The topological polar surface area (TPSA) is 37.1 Å². The first-order valence-electron chi connectivity index (χ1n) is 6.32. The molecule has 0 aromatic heterocycles. The molecule has 0 atom stereocenters. The lowest BCUT2D eigenvalue weighted by Crippen LogP contribution is -1.99. The Labute approximate surface area is 106 Å². The molecule has 1 aliphatic heterocycles. The largest absolute Gasteiger partial charge is 0.163 e. The molecule has 2 aromatic rings. The van der Waals surface area contributed by atoms with Gasteiger partial charge in [-0.1, -0.05) is 42.5 Å². The van der Waals surface area contributed by atoms with Crippen LogP contribution in [-0.4, -0.2) is 12.3 Å². The van der Waals surface area contributed by atoms with Crippen molar-refractivity contribution in [3.63, 3.8) is 0 Å². The predicted molar refractivity (Wildman–Crippen MR) is 74.0 cm³/mol. The van der Waals surface area contributed by atoms with Gasteiger partial charge in [-0.3, -0.25) is 0 Å². The third-order valence-corrected chi connectivity index (χ3v) is 3.25. The van der Waals surface area contributed by atoms with E-state index in [-0.39, 0.29) is 0 Å². The van der Waals surface area contributed by atoms with Crippen molar-refractivity contribution < 1.29 is 0 Å². The third-order valence-electron chi connectivity index (χ3n) is 3.25. The third kappa shape index (κ3) is 2.45. The number of rotatable bonds is 4. The summed E-state index contributed by atoms with van der Waals surface area (Å²) in [6.07, 6.45) is 3.20. The summed E-state index contributed by atoms with van der Waals surface area (Å²) in [4.78, 5) is 0. The number of nitrogens with zero attached hydrogens (tertiary/aromatic N) is 3. The highest BCUT2D eigenvalue weighted by Crippen LogP contribution is 2.17. The summed E-state index contributed by atoms with van der Waals surface area (Å²) >= 11 is 0. The van der Waals surface area contributed by atoms with E-state index in [9.17, 15) is 0 Å². The van der Waals surface area contributed by atoms with Crippen molar-refractivity contribution in [3.8, 4) is 0 Å². The first kappa shape index (κ1) is 11.1. The number of benzene rings is 2. The fourth-order valence-corrected chi connectivity index (χ4v) is 2.26. The van der Waals surface area contributed by atoms with E-state index in [1.54, 1.807) is 0 Å². The quantitative estimate of drug-likeness (QED) is 0.771. The van der Waals surface area contributed by atoms with Crippen LogP contribution in [0.5, 0.6) is 0 Å². The molecule has 0 N–H and O–H groups in total. The van der Waals surface area contributed by atoms with E-state index in [4.69, 9.17) is 0 Å². The summed E-state index contributed by atoms with van der Waals surface area (Å²) in [5.41, 5.74) is 2.50. The minimum atomic E-state index is 0.692. The number of aryl methyl sites for hydroxylation is 1. The van der Waals surface area contributed by atoms with E-state index in [2.05, 4.69) is 57.9 Å². The van der Waals surface area contributed by atoms with Gasteiger partial charge >= 0.3 is 0 Å². The summed E-state index contributed by atoms with van der Waals surface area (Å²) in [7, 11) is 0. The molecule has 0 aliphatic carbocycles. The standard InChI is InChI=1S/C15H15N3/c1-2-6-14-10-12(8-9-13(14)5-1)4-3-7-15-11-16-18-17-15/h1-2,5-6,8-10H,3-4,7,11H2. The SMILES string of the molecule is c1ccc2cc(CCCC3=NN=NC3)ccc2c1. The normalized spacial score (nSPS) is 14.1. The highest BCUT2D eigenvalue weighted by atomic mass is 15.4. The van der Waals surface area contributed by atoms with Gasteiger partial charge in [0, 0.05) is 0 Å². The van der Waals surface area contributed by atoms with Gasteiger partial charge in [0.05, 0.1) is 5.71 Å². The molecule has 3 rings (SSSR count). The zero-order valence-electron chi connectivity index (χ0n) is 10.2. The van der Waals surface area contributed by atoms with Crippen molar-refractivity contribution in [2.75, 3.05) is 6.54 Å². The molecular formula is C15H15N3. The molecule has 0 saturated heterocycles. The molecule has 0 unspecified atom stereocenters. The average Bonchev–Trinajstić information content (AvgIpc) is 2.92. The van der Waals surface area contributed by atoms with Crippen LogP contribution in [0.2, 0.25) is 0 Å². The Hall–Kier alpha value is -2.03. The molecular weight excluding hydrogens is 222 g/mol. The number of hydrogen-bond donors (Lipinski definition) is 0. The first-order chi connectivity index (χ1) is 8.92. The van der Waals surface area contributed by atoms with Crippen LogP contribution in [0.15, 0.2) is 57.9 Å².